The van der Waals surface area contributed by atoms with E-state index in [0.29, 0.717) is 18.3 Å². The van der Waals surface area contributed by atoms with Crippen molar-refractivity contribution >= 4 is 0 Å². The predicted octanol–water partition coefficient (Wildman–Crippen LogP) is 4.56. The van der Waals surface area contributed by atoms with Crippen LogP contribution >= 0.6 is 0 Å². The van der Waals surface area contributed by atoms with Crippen LogP contribution in [0, 0.1) is 18.6 Å². The summed E-state index contributed by atoms with van der Waals surface area (Å²) in [6, 6.07) is 9.32. The molecular formula is C17H19F2NO. The fourth-order valence-corrected chi connectivity index (χ4v) is 1.86. The van der Waals surface area contributed by atoms with Crippen molar-refractivity contribution in [3.8, 4) is 11.5 Å². The Morgan fingerprint density at radius 3 is 2.48 bits per heavy atom. The highest BCUT2D eigenvalue weighted by molar-refractivity contribution is 5.39. The second-order valence-corrected chi connectivity index (χ2v) is 5.31. The topological polar surface area (TPSA) is 21.3 Å². The van der Waals surface area contributed by atoms with E-state index in [1.54, 1.807) is 25.1 Å². The Balaban J connectivity index is 2.15. The van der Waals surface area contributed by atoms with Crippen molar-refractivity contribution in [2.75, 3.05) is 0 Å². The normalized spacial score (nSPS) is 11.0. The Labute approximate surface area is 123 Å². The molecule has 0 atom stereocenters. The Hall–Kier alpha value is -1.94. The van der Waals surface area contributed by atoms with Gasteiger partial charge in [0.2, 0.25) is 0 Å². The largest absolute Gasteiger partial charge is 0.454 e. The summed E-state index contributed by atoms with van der Waals surface area (Å²) < 4.78 is 32.7. The lowest BCUT2D eigenvalue weighted by atomic mass is 10.2. The van der Waals surface area contributed by atoms with Gasteiger partial charge < -0.3 is 10.1 Å². The van der Waals surface area contributed by atoms with Gasteiger partial charge in [0.25, 0.3) is 0 Å². The van der Waals surface area contributed by atoms with Crippen molar-refractivity contribution < 1.29 is 13.5 Å². The zero-order valence-electron chi connectivity index (χ0n) is 12.4. The summed E-state index contributed by atoms with van der Waals surface area (Å²) >= 11 is 0. The Morgan fingerprint density at radius 1 is 1.05 bits per heavy atom. The summed E-state index contributed by atoms with van der Waals surface area (Å²) in [6.45, 7) is 6.43. The first-order valence-electron chi connectivity index (χ1n) is 6.91. The van der Waals surface area contributed by atoms with Gasteiger partial charge in [0.15, 0.2) is 11.6 Å². The first-order valence-corrected chi connectivity index (χ1v) is 6.91. The average Bonchev–Trinajstić information content (AvgIpc) is 2.43. The number of ether oxygens (including phenoxy) is 1. The highest BCUT2D eigenvalue weighted by Crippen LogP contribution is 2.28. The van der Waals surface area contributed by atoms with Crippen LogP contribution in [0.2, 0.25) is 0 Å². The molecule has 0 saturated carbocycles. The maximum Gasteiger partial charge on any atom is 0.166 e. The van der Waals surface area contributed by atoms with Crippen LogP contribution in [-0.4, -0.2) is 6.04 Å². The van der Waals surface area contributed by atoms with E-state index in [-0.39, 0.29) is 5.75 Å². The third-order valence-electron chi connectivity index (χ3n) is 3.08. The number of hydrogen-bond donors (Lipinski definition) is 1. The molecule has 0 bridgehead atoms. The van der Waals surface area contributed by atoms with E-state index in [2.05, 4.69) is 5.32 Å². The molecule has 0 fully saturated rings. The quantitative estimate of drug-likeness (QED) is 0.871. The van der Waals surface area contributed by atoms with Crippen molar-refractivity contribution in [2.45, 2.75) is 33.4 Å². The molecule has 1 N–H and O–H groups in total. The molecule has 0 aliphatic rings. The fraction of sp³-hybridized carbons (Fsp3) is 0.294. The molecule has 0 unspecified atom stereocenters. The van der Waals surface area contributed by atoms with Gasteiger partial charge in [-0.2, -0.15) is 0 Å². The van der Waals surface area contributed by atoms with E-state index in [9.17, 15) is 8.78 Å². The number of hydrogen-bond acceptors (Lipinski definition) is 2. The van der Waals surface area contributed by atoms with Crippen molar-refractivity contribution in [1.82, 2.24) is 5.32 Å². The van der Waals surface area contributed by atoms with E-state index in [1.807, 2.05) is 13.8 Å². The van der Waals surface area contributed by atoms with Crippen molar-refractivity contribution in [2.24, 2.45) is 0 Å². The number of benzene rings is 2. The molecule has 0 aromatic heterocycles. The summed E-state index contributed by atoms with van der Waals surface area (Å²) in [5.41, 5.74) is 1.59. The fourth-order valence-electron chi connectivity index (χ4n) is 1.86. The van der Waals surface area contributed by atoms with Crippen LogP contribution in [-0.2, 0) is 6.54 Å². The average molecular weight is 291 g/mol. The molecule has 0 heterocycles. The maximum atomic E-state index is 14.0. The van der Waals surface area contributed by atoms with Crippen LogP contribution in [0.25, 0.3) is 0 Å². The third-order valence-corrected chi connectivity index (χ3v) is 3.08. The third kappa shape index (κ3) is 4.26. The minimum Gasteiger partial charge on any atom is -0.454 e. The lowest BCUT2D eigenvalue weighted by molar-refractivity contribution is 0.435. The van der Waals surface area contributed by atoms with Gasteiger partial charge in [0.05, 0.1) is 0 Å². The first-order chi connectivity index (χ1) is 9.95. The molecule has 0 amide bonds. The Kier molecular flexibility index (Phi) is 4.91. The molecule has 21 heavy (non-hydrogen) atoms. The van der Waals surface area contributed by atoms with E-state index in [1.165, 1.54) is 18.2 Å². The second-order valence-electron chi connectivity index (χ2n) is 5.31. The zero-order valence-corrected chi connectivity index (χ0v) is 12.4. The van der Waals surface area contributed by atoms with Crippen molar-refractivity contribution in [1.29, 1.82) is 0 Å². The van der Waals surface area contributed by atoms with E-state index in [0.717, 1.165) is 11.1 Å². The van der Waals surface area contributed by atoms with Crippen molar-refractivity contribution in [3.63, 3.8) is 0 Å². The molecule has 0 saturated heterocycles. The number of nitrogens with one attached hydrogen (secondary N) is 1. The van der Waals surface area contributed by atoms with Gasteiger partial charge in [0.1, 0.15) is 11.6 Å². The predicted molar refractivity (Wildman–Crippen MR) is 79.6 cm³/mol. The SMILES string of the molecule is Cc1ccc(F)cc1Oc1ccc(CNC(C)C)cc1F. The number of aryl methyl sites for hydroxylation is 1. The van der Waals surface area contributed by atoms with E-state index < -0.39 is 11.6 Å². The molecule has 4 heteroatoms. The minimum absolute atomic E-state index is 0.0944. The second kappa shape index (κ2) is 6.68. The van der Waals surface area contributed by atoms with Crippen LogP contribution in [0.15, 0.2) is 36.4 Å². The van der Waals surface area contributed by atoms with Gasteiger partial charge in [-0.1, -0.05) is 26.0 Å². The summed E-state index contributed by atoms with van der Waals surface area (Å²) in [6.07, 6.45) is 0. The highest BCUT2D eigenvalue weighted by atomic mass is 19.1. The van der Waals surface area contributed by atoms with Gasteiger partial charge in [-0.25, -0.2) is 8.78 Å². The molecule has 0 aliphatic carbocycles. The summed E-state index contributed by atoms with van der Waals surface area (Å²) in [7, 11) is 0. The lowest BCUT2D eigenvalue weighted by Crippen LogP contribution is -2.21. The van der Waals surface area contributed by atoms with Crippen LogP contribution in [0.3, 0.4) is 0 Å². The number of halogens is 2. The zero-order chi connectivity index (χ0) is 15.4. The molecular weight excluding hydrogens is 272 g/mol. The van der Waals surface area contributed by atoms with Gasteiger partial charge >= 0.3 is 0 Å². The summed E-state index contributed by atoms with van der Waals surface area (Å²) in [5, 5.41) is 3.22. The summed E-state index contributed by atoms with van der Waals surface area (Å²) in [5.74, 6) is -0.450. The van der Waals surface area contributed by atoms with E-state index in [4.69, 9.17) is 4.74 Å². The molecule has 0 spiro atoms. The molecule has 0 aliphatic heterocycles. The molecule has 2 aromatic rings. The Morgan fingerprint density at radius 2 is 1.81 bits per heavy atom. The molecule has 0 radical (unpaired) electrons. The monoisotopic (exact) mass is 291 g/mol. The van der Waals surface area contributed by atoms with E-state index >= 15 is 0 Å². The highest BCUT2D eigenvalue weighted by Gasteiger charge is 2.09. The van der Waals surface area contributed by atoms with Gasteiger partial charge in [0, 0.05) is 18.7 Å². The minimum atomic E-state index is -0.457. The smallest absolute Gasteiger partial charge is 0.166 e. The van der Waals surface area contributed by atoms with Crippen LogP contribution in [0.5, 0.6) is 11.5 Å². The maximum absolute atomic E-state index is 14.0. The lowest BCUT2D eigenvalue weighted by Gasteiger charge is -2.12. The van der Waals surface area contributed by atoms with Crippen LogP contribution < -0.4 is 10.1 Å². The standard InChI is InChI=1S/C17H19F2NO/c1-11(2)20-10-13-5-7-16(15(19)8-13)21-17-9-14(18)6-4-12(17)3/h4-9,11,20H,10H2,1-3H3. The first kappa shape index (κ1) is 15.4. The van der Waals surface area contributed by atoms with Gasteiger partial charge in [-0.05, 0) is 36.2 Å². The molecule has 112 valence electrons. The van der Waals surface area contributed by atoms with Gasteiger partial charge in [-0.15, -0.1) is 0 Å². The van der Waals surface area contributed by atoms with Crippen LogP contribution in [0.1, 0.15) is 25.0 Å². The van der Waals surface area contributed by atoms with Gasteiger partial charge in [-0.3, -0.25) is 0 Å². The molecule has 2 aromatic carbocycles. The van der Waals surface area contributed by atoms with Crippen molar-refractivity contribution in [3.05, 3.63) is 59.2 Å². The number of rotatable bonds is 5. The molecule has 2 rings (SSSR count). The van der Waals surface area contributed by atoms with Crippen LogP contribution in [0.4, 0.5) is 8.78 Å². The Bertz CT molecular complexity index is 626. The molecule has 2 nitrogen and oxygen atoms in total. The summed E-state index contributed by atoms with van der Waals surface area (Å²) in [4.78, 5) is 0.